The van der Waals surface area contributed by atoms with Crippen LogP contribution in [0.4, 0.5) is 5.69 Å². The third-order valence-corrected chi connectivity index (χ3v) is 4.45. The molecule has 2 heterocycles. The van der Waals surface area contributed by atoms with Gasteiger partial charge in [0.2, 0.25) is 0 Å². The normalized spacial score (nSPS) is 24.6. The van der Waals surface area contributed by atoms with Crippen LogP contribution in [0, 0.1) is 0 Å². The molecule has 1 amide bonds. The summed E-state index contributed by atoms with van der Waals surface area (Å²) in [5.74, 6) is 1.66. The monoisotopic (exact) mass is 293 g/mol. The van der Waals surface area contributed by atoms with Gasteiger partial charge in [-0.15, -0.1) is 0 Å². The van der Waals surface area contributed by atoms with Crippen molar-refractivity contribution >= 4 is 29.3 Å². The number of fused-ring (bicyclic) bond motifs is 1. The number of nitrogens with one attached hydrogen (secondary N) is 1. The number of esters is 1. The summed E-state index contributed by atoms with van der Waals surface area (Å²) in [6.45, 7) is 1.65. The highest BCUT2D eigenvalue weighted by atomic mass is 32.2. The van der Waals surface area contributed by atoms with Gasteiger partial charge in [0.1, 0.15) is 11.7 Å². The maximum absolute atomic E-state index is 12.2. The second-order valence-electron chi connectivity index (χ2n) is 4.82. The zero-order valence-electron chi connectivity index (χ0n) is 11.0. The van der Waals surface area contributed by atoms with E-state index in [1.807, 2.05) is 0 Å². The highest BCUT2D eigenvalue weighted by Crippen LogP contribution is 2.34. The van der Waals surface area contributed by atoms with E-state index in [2.05, 4.69) is 5.32 Å². The van der Waals surface area contributed by atoms with Gasteiger partial charge in [-0.25, -0.2) is 4.79 Å². The Balaban J connectivity index is 1.84. The molecule has 1 aromatic carbocycles. The van der Waals surface area contributed by atoms with Crippen LogP contribution in [0.2, 0.25) is 0 Å². The number of carbonyl (C=O) groups excluding carboxylic acids is 2. The summed E-state index contributed by atoms with van der Waals surface area (Å²) in [4.78, 5) is 23.8. The Kier molecular flexibility index (Phi) is 3.56. The van der Waals surface area contributed by atoms with Gasteiger partial charge in [0, 0.05) is 5.75 Å². The molecule has 20 heavy (non-hydrogen) atoms. The summed E-state index contributed by atoms with van der Waals surface area (Å²) < 4.78 is 11.0. The van der Waals surface area contributed by atoms with Crippen molar-refractivity contribution in [2.45, 2.75) is 25.6 Å². The van der Waals surface area contributed by atoms with Gasteiger partial charge in [-0.1, -0.05) is 6.07 Å². The summed E-state index contributed by atoms with van der Waals surface area (Å²) in [5.41, 5.74) is 0.884. The van der Waals surface area contributed by atoms with E-state index in [-0.39, 0.29) is 12.0 Å². The van der Waals surface area contributed by atoms with Gasteiger partial charge in [-0.05, 0) is 31.2 Å². The number of para-hydroxylation sites is 1. The second kappa shape index (κ2) is 5.36. The zero-order chi connectivity index (χ0) is 14.1. The molecule has 0 saturated carbocycles. The first-order chi connectivity index (χ1) is 9.65. The van der Waals surface area contributed by atoms with Crippen molar-refractivity contribution in [2.24, 2.45) is 0 Å². The number of amides is 1. The van der Waals surface area contributed by atoms with E-state index in [0.29, 0.717) is 17.0 Å². The topological polar surface area (TPSA) is 64.6 Å². The van der Waals surface area contributed by atoms with Gasteiger partial charge < -0.3 is 14.8 Å². The maximum atomic E-state index is 12.2. The molecule has 1 fully saturated rings. The molecule has 1 aromatic rings. The fourth-order valence-electron chi connectivity index (χ4n) is 2.21. The van der Waals surface area contributed by atoms with Gasteiger partial charge in [-0.3, -0.25) is 4.79 Å². The Morgan fingerprint density at radius 2 is 2.35 bits per heavy atom. The first-order valence-corrected chi connectivity index (χ1v) is 7.70. The van der Waals surface area contributed by atoms with Crippen LogP contribution in [0.25, 0.3) is 0 Å². The van der Waals surface area contributed by atoms with Gasteiger partial charge >= 0.3 is 5.97 Å². The molecular weight excluding hydrogens is 278 g/mol. The number of thioether (sulfide) groups is 1. The summed E-state index contributed by atoms with van der Waals surface area (Å²) in [6.07, 6.45) is 0.247. The molecule has 2 atom stereocenters. The molecule has 2 aliphatic rings. The van der Waals surface area contributed by atoms with E-state index >= 15 is 0 Å². The fraction of sp³-hybridized carbons (Fsp3) is 0.429. The molecule has 0 aliphatic carbocycles. The Bertz CT molecular complexity index is 554. The lowest BCUT2D eigenvalue weighted by Gasteiger charge is -2.25. The fourth-order valence-corrected chi connectivity index (χ4v) is 3.30. The highest BCUT2D eigenvalue weighted by molar-refractivity contribution is 7.99. The third-order valence-electron chi connectivity index (χ3n) is 3.32. The van der Waals surface area contributed by atoms with Crippen LogP contribution in [-0.4, -0.2) is 35.6 Å². The number of rotatable bonds is 2. The lowest BCUT2D eigenvalue weighted by Crippen LogP contribution is -2.35. The minimum Gasteiger partial charge on any atom is -0.478 e. The summed E-state index contributed by atoms with van der Waals surface area (Å²) in [5, 5.41) is 2.72. The molecule has 0 bridgehead atoms. The largest absolute Gasteiger partial charge is 0.478 e. The van der Waals surface area contributed by atoms with E-state index in [1.165, 1.54) is 0 Å². The molecule has 0 aromatic heterocycles. The average molecular weight is 293 g/mol. The lowest BCUT2D eigenvalue weighted by molar-refractivity contribution is -0.122. The molecule has 1 N–H and O–H groups in total. The predicted molar refractivity (Wildman–Crippen MR) is 76.3 cm³/mol. The summed E-state index contributed by atoms with van der Waals surface area (Å²) >= 11 is 1.78. The quantitative estimate of drug-likeness (QED) is 0.846. The van der Waals surface area contributed by atoms with E-state index in [9.17, 15) is 9.59 Å². The minimum absolute atomic E-state index is 0.0287. The predicted octanol–water partition coefficient (Wildman–Crippen LogP) is 2.07. The van der Waals surface area contributed by atoms with Gasteiger partial charge in [0.15, 0.2) is 11.9 Å². The van der Waals surface area contributed by atoms with Crippen molar-refractivity contribution in [3.05, 3.63) is 23.8 Å². The number of carbonyl (C=O) groups is 2. The third kappa shape index (κ3) is 2.47. The van der Waals surface area contributed by atoms with E-state index < -0.39 is 12.1 Å². The van der Waals surface area contributed by atoms with Crippen molar-refractivity contribution in [1.29, 1.82) is 0 Å². The number of ether oxygens (including phenoxy) is 2. The molecule has 2 aliphatic heterocycles. The van der Waals surface area contributed by atoms with Crippen LogP contribution in [-0.2, 0) is 9.53 Å². The van der Waals surface area contributed by atoms with E-state index in [1.54, 1.807) is 36.9 Å². The summed E-state index contributed by atoms with van der Waals surface area (Å²) in [6, 6.07) is 5.08. The molecule has 0 radical (unpaired) electrons. The average Bonchev–Trinajstić information content (AvgIpc) is 2.92. The SMILES string of the molecule is C[C@H]1Oc2c(cccc2C(=O)O[C@@H]2CCSC2)NC1=O. The molecule has 3 rings (SSSR count). The van der Waals surface area contributed by atoms with Crippen molar-refractivity contribution < 1.29 is 19.1 Å². The number of hydrogen-bond acceptors (Lipinski definition) is 5. The van der Waals surface area contributed by atoms with Crippen LogP contribution in [0.3, 0.4) is 0 Å². The van der Waals surface area contributed by atoms with E-state index in [4.69, 9.17) is 9.47 Å². The van der Waals surface area contributed by atoms with Crippen LogP contribution in [0.5, 0.6) is 5.75 Å². The van der Waals surface area contributed by atoms with Gasteiger partial charge in [0.05, 0.1) is 5.69 Å². The first-order valence-electron chi connectivity index (χ1n) is 6.54. The Morgan fingerprint density at radius 3 is 3.10 bits per heavy atom. The number of hydrogen-bond donors (Lipinski definition) is 1. The maximum Gasteiger partial charge on any atom is 0.342 e. The molecule has 106 valence electrons. The lowest BCUT2D eigenvalue weighted by atomic mass is 10.1. The molecule has 5 nitrogen and oxygen atoms in total. The van der Waals surface area contributed by atoms with Crippen LogP contribution < -0.4 is 10.1 Å². The first kappa shape index (κ1) is 13.3. The van der Waals surface area contributed by atoms with Crippen LogP contribution >= 0.6 is 11.8 Å². The molecule has 6 heteroatoms. The molecular formula is C14H15NO4S. The van der Waals surface area contributed by atoms with E-state index in [0.717, 1.165) is 17.9 Å². The Labute approximate surface area is 121 Å². The van der Waals surface area contributed by atoms with Crippen molar-refractivity contribution in [3.8, 4) is 5.75 Å². The van der Waals surface area contributed by atoms with Crippen LogP contribution in [0.15, 0.2) is 18.2 Å². The van der Waals surface area contributed by atoms with Gasteiger partial charge in [-0.2, -0.15) is 11.8 Å². The molecule has 1 saturated heterocycles. The Morgan fingerprint density at radius 1 is 1.50 bits per heavy atom. The molecule has 0 unspecified atom stereocenters. The number of anilines is 1. The molecule has 0 spiro atoms. The second-order valence-corrected chi connectivity index (χ2v) is 5.97. The minimum atomic E-state index is -0.613. The Hall–Kier alpha value is -1.69. The smallest absolute Gasteiger partial charge is 0.342 e. The van der Waals surface area contributed by atoms with Gasteiger partial charge in [0.25, 0.3) is 5.91 Å². The van der Waals surface area contributed by atoms with Crippen molar-refractivity contribution in [1.82, 2.24) is 0 Å². The van der Waals surface area contributed by atoms with Crippen molar-refractivity contribution in [2.75, 3.05) is 16.8 Å². The van der Waals surface area contributed by atoms with Crippen molar-refractivity contribution in [3.63, 3.8) is 0 Å². The van der Waals surface area contributed by atoms with Crippen LogP contribution in [0.1, 0.15) is 23.7 Å². The zero-order valence-corrected chi connectivity index (χ0v) is 11.9. The number of benzene rings is 1. The standard InChI is InChI=1S/C14H15NO4S/c1-8-13(16)15-11-4-2-3-10(12(11)18-8)14(17)19-9-5-6-20-7-9/h2-4,8-9H,5-7H2,1H3,(H,15,16)/t8-,9-/m1/s1. The highest BCUT2D eigenvalue weighted by Gasteiger charge is 2.29. The summed E-state index contributed by atoms with van der Waals surface area (Å²) in [7, 11) is 0.